The molecule has 1 fully saturated rings. The van der Waals surface area contributed by atoms with Gasteiger partial charge in [0, 0.05) is 30.6 Å². The summed E-state index contributed by atoms with van der Waals surface area (Å²) in [6, 6.07) is 18.5. The molecule has 1 aliphatic rings. The van der Waals surface area contributed by atoms with Crippen LogP contribution in [0, 0.1) is 0 Å². The van der Waals surface area contributed by atoms with Crippen LogP contribution in [0.15, 0.2) is 65.6 Å². The number of sulfonamides is 1. The first kappa shape index (κ1) is 23.3. The predicted molar refractivity (Wildman–Crippen MR) is 132 cm³/mol. The first-order valence-corrected chi connectivity index (χ1v) is 12.9. The molecule has 0 N–H and O–H groups in total. The number of amides is 1. The van der Waals surface area contributed by atoms with Gasteiger partial charge in [0.15, 0.2) is 0 Å². The summed E-state index contributed by atoms with van der Waals surface area (Å²) in [7, 11) is -2.33. The fourth-order valence-electron chi connectivity index (χ4n) is 4.46. The van der Waals surface area contributed by atoms with Crippen LogP contribution in [0.1, 0.15) is 43.0 Å². The number of anilines is 1. The van der Waals surface area contributed by atoms with E-state index in [4.69, 9.17) is 4.74 Å². The van der Waals surface area contributed by atoms with E-state index in [1.807, 2.05) is 49.4 Å². The molecular formula is C26H30N2O4S. The van der Waals surface area contributed by atoms with Crippen LogP contribution >= 0.6 is 0 Å². The summed E-state index contributed by atoms with van der Waals surface area (Å²) in [5.74, 6) is 0.00725. The molecule has 33 heavy (non-hydrogen) atoms. The quantitative estimate of drug-likeness (QED) is 0.508. The number of carbonyl (C=O) groups excluding carboxylic acids is 1. The van der Waals surface area contributed by atoms with Crippen molar-refractivity contribution in [3.8, 4) is 5.75 Å². The molecular weight excluding hydrogens is 436 g/mol. The summed E-state index contributed by atoms with van der Waals surface area (Å²) >= 11 is 0. The zero-order valence-electron chi connectivity index (χ0n) is 19.2. The summed E-state index contributed by atoms with van der Waals surface area (Å²) < 4.78 is 33.9. The van der Waals surface area contributed by atoms with E-state index < -0.39 is 10.0 Å². The number of carbonyl (C=O) groups is 1. The number of fused-ring (bicyclic) bond motifs is 1. The van der Waals surface area contributed by atoms with E-state index in [1.165, 1.54) is 17.5 Å². The number of hydrogen-bond acceptors (Lipinski definition) is 4. The molecule has 1 amide bonds. The van der Waals surface area contributed by atoms with Crippen LogP contribution in [0.4, 0.5) is 5.69 Å². The van der Waals surface area contributed by atoms with Crippen LogP contribution in [-0.4, -0.2) is 45.4 Å². The molecule has 6 nitrogen and oxygen atoms in total. The van der Waals surface area contributed by atoms with Crippen LogP contribution in [-0.2, 0) is 10.0 Å². The van der Waals surface area contributed by atoms with Crippen LogP contribution in [0.3, 0.4) is 0 Å². The van der Waals surface area contributed by atoms with Crippen LogP contribution in [0.2, 0.25) is 0 Å². The molecule has 1 heterocycles. The number of hydrogen-bond donors (Lipinski definition) is 0. The number of nitrogens with zero attached hydrogens (tertiary/aromatic N) is 2. The van der Waals surface area contributed by atoms with Gasteiger partial charge in [-0.1, -0.05) is 49.2 Å². The molecule has 0 radical (unpaired) electrons. The third kappa shape index (κ3) is 4.61. The lowest BCUT2D eigenvalue weighted by atomic mass is 10.1. The maximum Gasteiger partial charge on any atom is 0.258 e. The highest BCUT2D eigenvalue weighted by Crippen LogP contribution is 2.32. The number of rotatable bonds is 6. The smallest absolute Gasteiger partial charge is 0.258 e. The van der Waals surface area contributed by atoms with Crippen molar-refractivity contribution in [2.45, 2.75) is 37.5 Å². The molecule has 1 saturated heterocycles. The van der Waals surface area contributed by atoms with Crippen molar-refractivity contribution in [1.29, 1.82) is 0 Å². The molecule has 0 atom stereocenters. The first-order valence-electron chi connectivity index (χ1n) is 11.4. The maximum absolute atomic E-state index is 13.6. The highest BCUT2D eigenvalue weighted by Gasteiger charge is 2.30. The van der Waals surface area contributed by atoms with Crippen molar-refractivity contribution in [3.05, 3.63) is 66.2 Å². The Labute approximate surface area is 195 Å². The lowest BCUT2D eigenvalue weighted by molar-refractivity contribution is 0.0988. The highest BCUT2D eigenvalue weighted by molar-refractivity contribution is 7.89. The lowest BCUT2D eigenvalue weighted by Crippen LogP contribution is -2.33. The molecule has 7 heteroatoms. The van der Waals surface area contributed by atoms with Crippen molar-refractivity contribution in [2.24, 2.45) is 0 Å². The fourth-order valence-corrected chi connectivity index (χ4v) is 6.15. The van der Waals surface area contributed by atoms with E-state index >= 15 is 0 Å². The minimum Gasteiger partial charge on any atom is -0.495 e. The van der Waals surface area contributed by atoms with E-state index in [9.17, 15) is 13.2 Å². The molecule has 0 aromatic heterocycles. The van der Waals surface area contributed by atoms with Gasteiger partial charge in [0.2, 0.25) is 10.0 Å². The zero-order valence-corrected chi connectivity index (χ0v) is 20.0. The van der Waals surface area contributed by atoms with Gasteiger partial charge in [-0.15, -0.1) is 0 Å². The summed E-state index contributed by atoms with van der Waals surface area (Å²) in [6.07, 6.45) is 3.73. The van der Waals surface area contributed by atoms with E-state index in [0.717, 1.165) is 42.1 Å². The van der Waals surface area contributed by atoms with Crippen molar-refractivity contribution in [2.75, 3.05) is 31.6 Å². The van der Waals surface area contributed by atoms with Crippen LogP contribution < -0.4 is 9.64 Å². The number of benzene rings is 3. The Morgan fingerprint density at radius 3 is 2.36 bits per heavy atom. The Bertz CT molecular complexity index is 1240. The van der Waals surface area contributed by atoms with Gasteiger partial charge in [0.25, 0.3) is 5.91 Å². The van der Waals surface area contributed by atoms with Crippen molar-refractivity contribution in [1.82, 2.24) is 4.31 Å². The van der Waals surface area contributed by atoms with Gasteiger partial charge >= 0.3 is 0 Å². The molecule has 0 saturated carbocycles. The second-order valence-corrected chi connectivity index (χ2v) is 10.1. The second kappa shape index (κ2) is 9.93. The van der Waals surface area contributed by atoms with Gasteiger partial charge in [-0.25, -0.2) is 8.42 Å². The Morgan fingerprint density at radius 1 is 0.970 bits per heavy atom. The molecule has 174 valence electrons. The summed E-state index contributed by atoms with van der Waals surface area (Å²) in [6.45, 7) is 3.34. The molecule has 0 aliphatic carbocycles. The van der Waals surface area contributed by atoms with E-state index in [2.05, 4.69) is 0 Å². The Kier molecular flexibility index (Phi) is 7.00. The first-order chi connectivity index (χ1) is 16.0. The summed E-state index contributed by atoms with van der Waals surface area (Å²) in [5, 5.41) is 2.02. The molecule has 4 rings (SSSR count). The van der Waals surface area contributed by atoms with Gasteiger partial charge in [-0.2, -0.15) is 4.31 Å². The Morgan fingerprint density at radius 2 is 1.67 bits per heavy atom. The fraction of sp³-hybridized carbons (Fsp3) is 0.346. The average Bonchev–Trinajstić information content (AvgIpc) is 3.14. The van der Waals surface area contributed by atoms with Crippen LogP contribution in [0.5, 0.6) is 5.75 Å². The molecule has 0 bridgehead atoms. The van der Waals surface area contributed by atoms with Gasteiger partial charge in [0.1, 0.15) is 10.6 Å². The SMILES string of the molecule is CCN(C(=O)c1ccc(OC)c(S(=O)(=O)N2CCCCCC2)c1)c1cccc2ccccc12. The molecule has 1 aliphatic heterocycles. The molecule has 0 spiro atoms. The van der Waals surface area contributed by atoms with Crippen molar-refractivity contribution in [3.63, 3.8) is 0 Å². The number of ether oxygens (including phenoxy) is 1. The lowest BCUT2D eigenvalue weighted by Gasteiger charge is -2.24. The zero-order chi connectivity index (χ0) is 23.4. The monoisotopic (exact) mass is 466 g/mol. The average molecular weight is 467 g/mol. The van der Waals surface area contributed by atoms with Crippen molar-refractivity contribution >= 4 is 32.4 Å². The van der Waals surface area contributed by atoms with E-state index in [1.54, 1.807) is 17.0 Å². The van der Waals surface area contributed by atoms with E-state index in [0.29, 0.717) is 25.2 Å². The predicted octanol–water partition coefficient (Wildman–Crippen LogP) is 5.08. The largest absolute Gasteiger partial charge is 0.495 e. The molecule has 3 aromatic carbocycles. The normalized spacial score (nSPS) is 15.2. The third-order valence-electron chi connectivity index (χ3n) is 6.21. The maximum atomic E-state index is 13.6. The Hall–Kier alpha value is -2.90. The summed E-state index contributed by atoms with van der Waals surface area (Å²) in [5.41, 5.74) is 1.12. The highest BCUT2D eigenvalue weighted by atomic mass is 32.2. The van der Waals surface area contributed by atoms with Gasteiger partial charge in [-0.3, -0.25) is 4.79 Å². The van der Waals surface area contributed by atoms with Gasteiger partial charge < -0.3 is 9.64 Å². The summed E-state index contributed by atoms with van der Waals surface area (Å²) in [4.78, 5) is 15.3. The number of methoxy groups -OCH3 is 1. The minimum atomic E-state index is -3.78. The van der Waals surface area contributed by atoms with Crippen LogP contribution in [0.25, 0.3) is 10.8 Å². The topological polar surface area (TPSA) is 66.9 Å². The molecule has 0 unspecified atom stereocenters. The molecule has 3 aromatic rings. The Balaban J connectivity index is 1.75. The standard InChI is InChI=1S/C26H30N2O4S/c1-3-28(23-14-10-12-20-11-6-7-13-22(20)23)26(29)21-15-16-24(32-2)25(19-21)33(30,31)27-17-8-4-5-9-18-27/h6-7,10-16,19H,3-5,8-9,17-18H2,1-2H3. The second-order valence-electron chi connectivity index (χ2n) is 8.23. The van der Waals surface area contributed by atoms with Gasteiger partial charge in [0.05, 0.1) is 12.8 Å². The third-order valence-corrected chi connectivity index (χ3v) is 8.13. The van der Waals surface area contributed by atoms with Gasteiger partial charge in [-0.05, 0) is 49.4 Å². The minimum absolute atomic E-state index is 0.0479. The van der Waals surface area contributed by atoms with E-state index in [-0.39, 0.29) is 16.6 Å². The van der Waals surface area contributed by atoms with Crippen molar-refractivity contribution < 1.29 is 17.9 Å².